The van der Waals surface area contributed by atoms with Gasteiger partial charge in [-0.2, -0.15) is 0 Å². The molecule has 0 aliphatic heterocycles. The molecule has 0 aliphatic rings. The maximum Gasteiger partial charge on any atom is 0.240 e. The van der Waals surface area contributed by atoms with Gasteiger partial charge in [0.1, 0.15) is 6.54 Å². The first kappa shape index (κ1) is 16.0. The fraction of sp³-hybridized carbons (Fsp3) is 0.0952. The van der Waals surface area contributed by atoms with Gasteiger partial charge in [0, 0.05) is 42.4 Å². The molecule has 0 saturated heterocycles. The number of hydrogen-bond donors (Lipinski definition) is 1. The minimum absolute atomic E-state index is 0.0221. The Morgan fingerprint density at radius 2 is 1.96 bits per heavy atom. The normalized spacial score (nSPS) is 10.8. The van der Waals surface area contributed by atoms with Gasteiger partial charge in [0.2, 0.25) is 5.91 Å². The number of hydrogen-bond acceptors (Lipinski definition) is 3. The van der Waals surface area contributed by atoms with Gasteiger partial charge in [-0.3, -0.25) is 14.8 Å². The van der Waals surface area contributed by atoms with Gasteiger partial charge in [-0.15, -0.1) is 0 Å². The largest absolute Gasteiger partial charge is 0.350 e. The van der Waals surface area contributed by atoms with Gasteiger partial charge in [0.05, 0.1) is 5.69 Å². The van der Waals surface area contributed by atoms with E-state index in [2.05, 4.69) is 15.3 Å². The Morgan fingerprint density at radius 1 is 1.04 bits per heavy atom. The number of para-hydroxylation sites is 1. The van der Waals surface area contributed by atoms with Gasteiger partial charge in [-0.25, -0.2) is 0 Å². The van der Waals surface area contributed by atoms with E-state index < -0.39 is 0 Å². The number of pyridine rings is 2. The van der Waals surface area contributed by atoms with Crippen LogP contribution in [0.5, 0.6) is 0 Å². The van der Waals surface area contributed by atoms with E-state index in [-0.39, 0.29) is 5.91 Å². The molecule has 3 heterocycles. The van der Waals surface area contributed by atoms with Crippen LogP contribution in [0.25, 0.3) is 22.2 Å². The lowest BCUT2D eigenvalue weighted by Crippen LogP contribution is -2.26. The molecule has 0 spiro atoms. The Bertz CT molecular complexity index is 1040. The summed E-state index contributed by atoms with van der Waals surface area (Å²) < 4.78 is 1.96. The lowest BCUT2D eigenvalue weighted by molar-refractivity contribution is -0.121. The Balaban J connectivity index is 1.42. The molecule has 0 aliphatic carbocycles. The molecule has 0 atom stereocenters. The van der Waals surface area contributed by atoms with Gasteiger partial charge in [0.25, 0.3) is 0 Å². The van der Waals surface area contributed by atoms with Crippen LogP contribution in [0.4, 0.5) is 0 Å². The number of fused-ring (bicyclic) bond motifs is 1. The molecule has 128 valence electrons. The van der Waals surface area contributed by atoms with Gasteiger partial charge < -0.3 is 9.88 Å². The summed E-state index contributed by atoms with van der Waals surface area (Å²) in [6.07, 6.45) is 7.21. The zero-order valence-electron chi connectivity index (χ0n) is 14.2. The number of benzene rings is 1. The van der Waals surface area contributed by atoms with Crippen LogP contribution < -0.4 is 5.32 Å². The molecular weight excluding hydrogens is 324 g/mol. The van der Waals surface area contributed by atoms with Crippen molar-refractivity contribution in [2.45, 2.75) is 13.1 Å². The number of carbonyl (C=O) groups is 1. The summed E-state index contributed by atoms with van der Waals surface area (Å²) in [6, 6.07) is 17.8. The van der Waals surface area contributed by atoms with Crippen molar-refractivity contribution in [1.82, 2.24) is 19.9 Å². The fourth-order valence-electron chi connectivity index (χ4n) is 2.95. The summed E-state index contributed by atoms with van der Waals surface area (Å²) in [5.41, 5.74) is 3.87. The topological polar surface area (TPSA) is 59.8 Å². The molecule has 5 heteroatoms. The van der Waals surface area contributed by atoms with E-state index in [1.807, 2.05) is 65.4 Å². The maximum absolute atomic E-state index is 12.3. The van der Waals surface area contributed by atoms with Crippen LogP contribution in [0.2, 0.25) is 0 Å². The average molecular weight is 342 g/mol. The van der Waals surface area contributed by atoms with Crippen molar-refractivity contribution >= 4 is 16.8 Å². The van der Waals surface area contributed by atoms with Crippen molar-refractivity contribution in [2.24, 2.45) is 0 Å². The monoisotopic (exact) mass is 342 g/mol. The highest BCUT2D eigenvalue weighted by molar-refractivity contribution is 5.83. The summed E-state index contributed by atoms with van der Waals surface area (Å²) in [6.45, 7) is 0.766. The molecule has 0 unspecified atom stereocenters. The highest BCUT2D eigenvalue weighted by Crippen LogP contribution is 2.17. The van der Waals surface area contributed by atoms with E-state index in [1.54, 1.807) is 18.6 Å². The van der Waals surface area contributed by atoms with Gasteiger partial charge >= 0.3 is 0 Å². The minimum atomic E-state index is -0.0221. The third-order valence-corrected chi connectivity index (χ3v) is 4.27. The number of nitrogens with zero attached hydrogens (tertiary/aromatic N) is 3. The summed E-state index contributed by atoms with van der Waals surface area (Å²) in [4.78, 5) is 20.8. The van der Waals surface area contributed by atoms with Crippen LogP contribution in [-0.2, 0) is 17.9 Å². The zero-order chi connectivity index (χ0) is 17.8. The molecule has 0 radical (unpaired) electrons. The molecule has 0 fully saturated rings. The van der Waals surface area contributed by atoms with Gasteiger partial charge in [-0.1, -0.05) is 18.2 Å². The second kappa shape index (κ2) is 7.19. The lowest BCUT2D eigenvalue weighted by atomic mass is 10.1. The molecule has 0 bridgehead atoms. The summed E-state index contributed by atoms with van der Waals surface area (Å²) >= 11 is 0. The van der Waals surface area contributed by atoms with Crippen molar-refractivity contribution in [3.8, 4) is 11.3 Å². The standard InChI is InChI=1S/C21H18N4O/c26-21(15-25-11-8-17-4-1-2-6-20(17)25)24-13-16-7-10-23-19(12-16)18-5-3-9-22-14-18/h1-12,14H,13,15H2,(H,24,26). The molecule has 4 aromatic rings. The smallest absolute Gasteiger partial charge is 0.240 e. The number of aromatic nitrogens is 3. The molecule has 26 heavy (non-hydrogen) atoms. The Kier molecular flexibility index (Phi) is 4.43. The number of rotatable bonds is 5. The first-order valence-corrected chi connectivity index (χ1v) is 8.45. The van der Waals surface area contributed by atoms with Crippen LogP contribution in [0.15, 0.2) is 79.4 Å². The number of nitrogens with one attached hydrogen (secondary N) is 1. The molecule has 1 aromatic carbocycles. The quantitative estimate of drug-likeness (QED) is 0.604. The van der Waals surface area contributed by atoms with Crippen molar-refractivity contribution in [3.05, 3.63) is 84.9 Å². The summed E-state index contributed by atoms with van der Waals surface area (Å²) in [5, 5.41) is 4.11. The van der Waals surface area contributed by atoms with E-state index in [9.17, 15) is 4.79 Å². The number of carbonyl (C=O) groups excluding carboxylic acids is 1. The predicted octanol–water partition coefficient (Wildman–Crippen LogP) is 3.41. The molecule has 4 rings (SSSR count). The molecule has 0 saturated carbocycles. The van der Waals surface area contributed by atoms with E-state index in [0.29, 0.717) is 13.1 Å². The Labute approximate surface area is 151 Å². The lowest BCUT2D eigenvalue weighted by Gasteiger charge is -2.08. The Hall–Kier alpha value is -3.47. The second-order valence-corrected chi connectivity index (χ2v) is 6.07. The van der Waals surface area contributed by atoms with Crippen molar-refractivity contribution in [1.29, 1.82) is 0 Å². The molecule has 5 nitrogen and oxygen atoms in total. The van der Waals surface area contributed by atoms with E-state index in [4.69, 9.17) is 0 Å². The maximum atomic E-state index is 12.3. The summed E-state index contributed by atoms with van der Waals surface area (Å²) in [5.74, 6) is -0.0221. The van der Waals surface area contributed by atoms with Crippen LogP contribution in [0.3, 0.4) is 0 Å². The first-order chi connectivity index (χ1) is 12.8. The molecular formula is C21H18N4O. The average Bonchev–Trinajstić information content (AvgIpc) is 3.10. The molecule has 1 amide bonds. The van der Waals surface area contributed by atoms with E-state index in [1.165, 1.54) is 0 Å². The SMILES string of the molecule is O=C(Cn1ccc2ccccc21)NCc1ccnc(-c2cccnc2)c1. The van der Waals surface area contributed by atoms with Crippen LogP contribution in [0.1, 0.15) is 5.56 Å². The first-order valence-electron chi connectivity index (χ1n) is 8.45. The van der Waals surface area contributed by atoms with Crippen molar-refractivity contribution in [3.63, 3.8) is 0 Å². The van der Waals surface area contributed by atoms with Crippen LogP contribution >= 0.6 is 0 Å². The van der Waals surface area contributed by atoms with Crippen LogP contribution in [-0.4, -0.2) is 20.4 Å². The third-order valence-electron chi connectivity index (χ3n) is 4.27. The Morgan fingerprint density at radius 3 is 2.85 bits per heavy atom. The van der Waals surface area contributed by atoms with E-state index in [0.717, 1.165) is 27.7 Å². The van der Waals surface area contributed by atoms with Crippen molar-refractivity contribution in [2.75, 3.05) is 0 Å². The fourth-order valence-corrected chi connectivity index (χ4v) is 2.95. The van der Waals surface area contributed by atoms with Gasteiger partial charge in [0.15, 0.2) is 0 Å². The van der Waals surface area contributed by atoms with Crippen LogP contribution in [0, 0.1) is 0 Å². The highest BCUT2D eigenvalue weighted by Gasteiger charge is 2.07. The third kappa shape index (κ3) is 3.47. The predicted molar refractivity (Wildman–Crippen MR) is 101 cm³/mol. The number of amides is 1. The van der Waals surface area contributed by atoms with Gasteiger partial charge in [-0.05, 0) is 47.3 Å². The minimum Gasteiger partial charge on any atom is -0.350 e. The van der Waals surface area contributed by atoms with Crippen molar-refractivity contribution < 1.29 is 4.79 Å². The molecule has 1 N–H and O–H groups in total. The zero-order valence-corrected chi connectivity index (χ0v) is 14.2. The summed E-state index contributed by atoms with van der Waals surface area (Å²) in [7, 11) is 0. The highest BCUT2D eigenvalue weighted by atomic mass is 16.1. The van der Waals surface area contributed by atoms with E-state index >= 15 is 0 Å². The molecule has 3 aromatic heterocycles. The second-order valence-electron chi connectivity index (χ2n) is 6.07.